The highest BCUT2D eigenvalue weighted by Gasteiger charge is 2.33. The van der Waals surface area contributed by atoms with E-state index in [9.17, 15) is 18.3 Å². The second-order valence-electron chi connectivity index (χ2n) is 5.08. The number of likely N-dealkylation sites (N-methyl/N-ethyl adjacent to an activating group) is 2. The number of hydrazine groups is 1. The van der Waals surface area contributed by atoms with Crippen molar-refractivity contribution in [2.24, 2.45) is 0 Å². The van der Waals surface area contributed by atoms with Crippen molar-refractivity contribution in [3.8, 4) is 0 Å². The van der Waals surface area contributed by atoms with Crippen molar-refractivity contribution >= 4 is 21.8 Å². The number of carboxylic acid groups (broad SMARTS) is 1. The van der Waals surface area contributed by atoms with Crippen molar-refractivity contribution in [1.82, 2.24) is 9.91 Å². The van der Waals surface area contributed by atoms with E-state index in [-0.39, 0.29) is 0 Å². The van der Waals surface area contributed by atoms with E-state index in [2.05, 4.69) is 5.43 Å². The largest absolute Gasteiger partial charge is 0.480 e. The maximum atomic E-state index is 11.5. The van der Waals surface area contributed by atoms with Crippen molar-refractivity contribution in [3.05, 3.63) is 30.3 Å². The number of nitrogens with zero attached hydrogens (tertiary/aromatic N) is 2. The highest BCUT2D eigenvalue weighted by atomic mass is 32.2. The fourth-order valence-electron chi connectivity index (χ4n) is 2.13. The van der Waals surface area contributed by atoms with Crippen molar-refractivity contribution in [1.29, 1.82) is 0 Å². The first-order valence-electron chi connectivity index (χ1n) is 6.54. The van der Waals surface area contributed by atoms with E-state index in [0.29, 0.717) is 0 Å². The van der Waals surface area contributed by atoms with Crippen molar-refractivity contribution in [2.75, 3.05) is 25.4 Å². The second-order valence-corrected chi connectivity index (χ2v) is 6.50. The van der Waals surface area contributed by atoms with Crippen molar-refractivity contribution in [2.45, 2.75) is 19.0 Å². The Hall–Kier alpha value is -1.68. The van der Waals surface area contributed by atoms with Gasteiger partial charge in [-0.1, -0.05) is 18.2 Å². The summed E-state index contributed by atoms with van der Waals surface area (Å²) in [5.41, 5.74) is 3.80. The second kappa shape index (κ2) is 7.54. The fourth-order valence-corrected chi connectivity index (χ4v) is 2.81. The summed E-state index contributed by atoms with van der Waals surface area (Å²) in [6, 6.07) is 7.48. The average Bonchev–Trinajstić information content (AvgIpc) is 2.37. The van der Waals surface area contributed by atoms with Crippen molar-refractivity contribution in [3.63, 3.8) is 0 Å². The molecule has 0 saturated heterocycles. The molecule has 0 spiro atoms. The third kappa shape index (κ3) is 5.60. The summed E-state index contributed by atoms with van der Waals surface area (Å²) >= 11 is 0. The molecule has 22 heavy (non-hydrogen) atoms. The Morgan fingerprint density at radius 1 is 1.27 bits per heavy atom. The first-order valence-corrected chi connectivity index (χ1v) is 8.15. The Balaban J connectivity index is 2.84. The van der Waals surface area contributed by atoms with Gasteiger partial charge in [-0.15, -0.1) is 0 Å². The lowest BCUT2D eigenvalue weighted by molar-refractivity contribution is -0.144. The smallest absolute Gasteiger partial charge is 0.322 e. The van der Waals surface area contributed by atoms with Gasteiger partial charge in [0.25, 0.3) is 10.1 Å². The predicted molar refractivity (Wildman–Crippen MR) is 82.9 cm³/mol. The van der Waals surface area contributed by atoms with E-state index in [4.69, 9.17) is 4.55 Å². The molecular weight excluding hydrogens is 310 g/mol. The minimum absolute atomic E-state index is 0.565. The van der Waals surface area contributed by atoms with E-state index in [0.717, 1.165) is 10.6 Å². The number of carboxylic acids is 1. The first kappa shape index (κ1) is 18.4. The summed E-state index contributed by atoms with van der Waals surface area (Å²) in [6.45, 7) is 1.65. The van der Waals surface area contributed by atoms with Crippen LogP contribution in [0.3, 0.4) is 0 Å². The standard InChI is InChI=1S/C13H21N3O5S/c1-10(16(3)14-11-7-5-4-6-8-11)12(13(17)18)15(2)9-22(19,20)21/h4-8,10,12,14H,9H2,1-3H3,(H,17,18)(H,19,20,21). The highest BCUT2D eigenvalue weighted by molar-refractivity contribution is 7.85. The maximum absolute atomic E-state index is 11.5. The normalized spacial score (nSPS) is 14.8. The van der Waals surface area contributed by atoms with Gasteiger partial charge >= 0.3 is 5.97 Å². The molecule has 8 nitrogen and oxygen atoms in total. The molecule has 0 saturated carbocycles. The molecule has 1 aromatic rings. The number of rotatable bonds is 8. The van der Waals surface area contributed by atoms with E-state index >= 15 is 0 Å². The van der Waals surface area contributed by atoms with E-state index in [1.54, 1.807) is 19.0 Å². The van der Waals surface area contributed by atoms with E-state index in [1.165, 1.54) is 7.05 Å². The summed E-state index contributed by atoms with van der Waals surface area (Å²) < 4.78 is 30.8. The molecule has 0 aliphatic rings. The molecule has 2 unspecified atom stereocenters. The molecule has 1 aromatic carbocycles. The summed E-state index contributed by atoms with van der Waals surface area (Å²) in [4.78, 5) is 12.5. The number of carbonyl (C=O) groups is 1. The van der Waals surface area contributed by atoms with Crippen LogP contribution in [0.15, 0.2) is 30.3 Å². The number of aliphatic carboxylic acids is 1. The van der Waals surface area contributed by atoms with Gasteiger partial charge in [0.1, 0.15) is 11.9 Å². The lowest BCUT2D eigenvalue weighted by Crippen LogP contribution is -2.54. The van der Waals surface area contributed by atoms with E-state index < -0.39 is 34.0 Å². The predicted octanol–water partition coefficient (Wildman–Crippen LogP) is 0.564. The maximum Gasteiger partial charge on any atom is 0.322 e. The molecule has 0 radical (unpaired) electrons. The Kier molecular flexibility index (Phi) is 6.30. The average molecular weight is 331 g/mol. The van der Waals surface area contributed by atoms with Gasteiger partial charge in [0.05, 0.1) is 6.04 Å². The topological polar surface area (TPSA) is 110 Å². The van der Waals surface area contributed by atoms with Gasteiger partial charge in [0.15, 0.2) is 0 Å². The molecule has 0 fully saturated rings. The molecular formula is C13H21N3O5S. The molecule has 0 aliphatic heterocycles. The van der Waals surface area contributed by atoms with Crippen LogP contribution in [0.2, 0.25) is 0 Å². The van der Waals surface area contributed by atoms with Crippen LogP contribution in [0.25, 0.3) is 0 Å². The van der Waals surface area contributed by atoms with Crippen molar-refractivity contribution < 1.29 is 22.9 Å². The third-order valence-corrected chi connectivity index (χ3v) is 3.98. The molecule has 1 rings (SSSR count). The molecule has 0 aromatic heterocycles. The van der Waals surface area contributed by atoms with Crippen LogP contribution in [0, 0.1) is 0 Å². The van der Waals surface area contributed by atoms with Gasteiger partial charge in [-0.25, -0.2) is 5.01 Å². The number of hydrogen-bond acceptors (Lipinski definition) is 6. The number of nitrogens with one attached hydrogen (secondary N) is 1. The third-order valence-electron chi connectivity index (χ3n) is 3.24. The van der Waals surface area contributed by atoms with Crippen LogP contribution < -0.4 is 5.43 Å². The molecule has 9 heteroatoms. The molecule has 0 bridgehead atoms. The van der Waals surface area contributed by atoms with Gasteiger partial charge < -0.3 is 10.5 Å². The number of para-hydroxylation sites is 1. The monoisotopic (exact) mass is 331 g/mol. The van der Waals surface area contributed by atoms with Crippen LogP contribution in [-0.2, 0) is 14.9 Å². The van der Waals surface area contributed by atoms with Gasteiger partial charge in [0, 0.05) is 12.7 Å². The summed E-state index contributed by atoms with van der Waals surface area (Å²) in [5, 5.41) is 10.9. The van der Waals surface area contributed by atoms with Gasteiger partial charge in [0.2, 0.25) is 0 Å². The minimum atomic E-state index is -4.30. The number of benzene rings is 1. The molecule has 0 amide bonds. The van der Waals surface area contributed by atoms with Crippen LogP contribution in [-0.4, -0.2) is 66.0 Å². The number of anilines is 1. The van der Waals surface area contributed by atoms with Crippen LogP contribution in [0.5, 0.6) is 0 Å². The Morgan fingerprint density at radius 3 is 2.27 bits per heavy atom. The lowest BCUT2D eigenvalue weighted by Gasteiger charge is -2.34. The van der Waals surface area contributed by atoms with Crippen LogP contribution in [0.1, 0.15) is 6.92 Å². The first-order chi connectivity index (χ1) is 10.1. The molecule has 2 atom stereocenters. The van der Waals surface area contributed by atoms with E-state index in [1.807, 2.05) is 30.3 Å². The van der Waals surface area contributed by atoms with Gasteiger partial charge in [-0.2, -0.15) is 8.42 Å². The SMILES string of the molecule is CC(C(C(=O)O)N(C)CS(=O)(=O)O)N(C)Nc1ccccc1. The Bertz CT molecular complexity index is 593. The Morgan fingerprint density at radius 2 is 1.82 bits per heavy atom. The molecule has 124 valence electrons. The zero-order chi connectivity index (χ0) is 16.9. The zero-order valence-electron chi connectivity index (χ0n) is 12.7. The number of hydrogen-bond donors (Lipinski definition) is 3. The summed E-state index contributed by atoms with van der Waals surface area (Å²) in [5.74, 6) is -1.94. The minimum Gasteiger partial charge on any atom is -0.480 e. The molecule has 3 N–H and O–H groups in total. The summed E-state index contributed by atoms with van der Waals surface area (Å²) in [7, 11) is -1.30. The van der Waals surface area contributed by atoms with Crippen LogP contribution >= 0.6 is 0 Å². The molecule has 0 heterocycles. The highest BCUT2D eigenvalue weighted by Crippen LogP contribution is 2.13. The zero-order valence-corrected chi connectivity index (χ0v) is 13.5. The van der Waals surface area contributed by atoms with Gasteiger partial charge in [-0.3, -0.25) is 14.2 Å². The molecule has 0 aliphatic carbocycles. The quantitative estimate of drug-likeness (QED) is 0.468. The summed E-state index contributed by atoms with van der Waals surface area (Å²) in [6.07, 6.45) is 0. The van der Waals surface area contributed by atoms with Crippen LogP contribution in [0.4, 0.5) is 5.69 Å². The van der Waals surface area contributed by atoms with Gasteiger partial charge in [-0.05, 0) is 26.1 Å². The fraction of sp³-hybridized carbons (Fsp3) is 0.462. The Labute approximate surface area is 130 Å². The lowest BCUT2D eigenvalue weighted by atomic mass is 10.1.